The van der Waals surface area contributed by atoms with Crippen molar-refractivity contribution in [1.29, 1.82) is 0 Å². The van der Waals surface area contributed by atoms with Crippen LogP contribution in [-0.4, -0.2) is 18.1 Å². The van der Waals surface area contributed by atoms with Gasteiger partial charge in [0.25, 0.3) is 0 Å². The average molecular weight is 255 g/mol. The predicted molar refractivity (Wildman–Crippen MR) is 75.1 cm³/mol. The molecule has 0 saturated carbocycles. The molecule has 0 bridgehead atoms. The predicted octanol–water partition coefficient (Wildman–Crippen LogP) is 2.46. The molecule has 0 heterocycles. The maximum Gasteiger partial charge on any atom is 0.227 e. The minimum atomic E-state index is -0.212. The maximum absolute atomic E-state index is 12.0. The summed E-state index contributed by atoms with van der Waals surface area (Å²) in [6.07, 6.45) is 0.615. The number of carbonyl (C=O) groups is 1. The van der Waals surface area contributed by atoms with Gasteiger partial charge < -0.3 is 10.4 Å². The molecule has 98 valence electrons. The molecule has 0 unspecified atom stereocenters. The Labute approximate surface area is 112 Å². The molecule has 2 N–H and O–H groups in total. The molecule has 0 aliphatic heterocycles. The largest absolute Gasteiger partial charge is 0.508 e. The van der Waals surface area contributed by atoms with E-state index in [0.717, 1.165) is 11.1 Å². The summed E-state index contributed by atoms with van der Waals surface area (Å²) in [4.78, 5) is 12.0. The van der Waals surface area contributed by atoms with Gasteiger partial charge in [0.15, 0.2) is 0 Å². The summed E-state index contributed by atoms with van der Waals surface area (Å²) in [6, 6.07) is 16.7. The molecule has 2 aromatic carbocycles. The highest BCUT2D eigenvalue weighted by molar-refractivity contribution is 5.83. The Hall–Kier alpha value is -2.29. The molecule has 3 heteroatoms. The molecule has 1 atom stereocenters. The minimum absolute atomic E-state index is 0.000671. The fraction of sp³-hybridized carbons (Fsp3) is 0.188. The third kappa shape index (κ3) is 3.35. The third-order valence-corrected chi connectivity index (χ3v) is 3.14. The van der Waals surface area contributed by atoms with E-state index < -0.39 is 0 Å². The van der Waals surface area contributed by atoms with E-state index >= 15 is 0 Å². The fourth-order valence-electron chi connectivity index (χ4n) is 2.09. The summed E-state index contributed by atoms with van der Waals surface area (Å²) < 4.78 is 0. The second-order valence-corrected chi connectivity index (χ2v) is 4.45. The van der Waals surface area contributed by atoms with Crippen molar-refractivity contribution in [2.24, 2.45) is 0 Å². The zero-order valence-electron chi connectivity index (χ0n) is 10.8. The summed E-state index contributed by atoms with van der Waals surface area (Å²) in [5.74, 6) is 0.0231. The highest BCUT2D eigenvalue weighted by Gasteiger charge is 2.19. The van der Waals surface area contributed by atoms with E-state index in [-0.39, 0.29) is 17.6 Å². The lowest BCUT2D eigenvalue weighted by Gasteiger charge is -2.16. The zero-order valence-corrected chi connectivity index (χ0v) is 10.8. The van der Waals surface area contributed by atoms with E-state index in [2.05, 4.69) is 5.32 Å². The summed E-state index contributed by atoms with van der Waals surface area (Å²) in [5, 5.41) is 12.0. The Morgan fingerprint density at radius 3 is 2.32 bits per heavy atom. The van der Waals surface area contributed by atoms with Gasteiger partial charge in [-0.1, -0.05) is 42.5 Å². The molecule has 0 spiro atoms. The summed E-state index contributed by atoms with van der Waals surface area (Å²) in [5.41, 5.74) is 2.02. The molecule has 0 aliphatic carbocycles. The number of likely N-dealkylation sites (N-methyl/N-ethyl adjacent to an activating group) is 1. The van der Waals surface area contributed by atoms with Crippen molar-refractivity contribution >= 4 is 5.91 Å². The lowest BCUT2D eigenvalue weighted by molar-refractivity contribution is -0.122. The number of phenolic OH excluding ortho intramolecular Hbond substituents is 1. The SMILES string of the molecule is CNC(=O)[C@H](Cc1ccc(O)cc1)c1ccccc1. The van der Waals surface area contributed by atoms with Gasteiger partial charge in [0, 0.05) is 7.05 Å². The monoisotopic (exact) mass is 255 g/mol. The third-order valence-electron chi connectivity index (χ3n) is 3.14. The molecule has 0 fully saturated rings. The summed E-state index contributed by atoms with van der Waals surface area (Å²) in [7, 11) is 1.65. The second kappa shape index (κ2) is 6.05. The van der Waals surface area contributed by atoms with Crippen LogP contribution in [0.5, 0.6) is 5.75 Å². The van der Waals surface area contributed by atoms with E-state index in [1.165, 1.54) is 0 Å². The molecule has 2 aromatic rings. The Morgan fingerprint density at radius 1 is 1.11 bits per heavy atom. The van der Waals surface area contributed by atoms with E-state index in [1.807, 2.05) is 42.5 Å². The highest BCUT2D eigenvalue weighted by atomic mass is 16.3. The van der Waals surface area contributed by atoms with Gasteiger partial charge in [-0.25, -0.2) is 0 Å². The van der Waals surface area contributed by atoms with Crippen molar-refractivity contribution in [3.8, 4) is 5.75 Å². The van der Waals surface area contributed by atoms with Gasteiger partial charge in [0.2, 0.25) is 5.91 Å². The lowest BCUT2D eigenvalue weighted by Crippen LogP contribution is -2.27. The van der Waals surface area contributed by atoms with Crippen molar-refractivity contribution < 1.29 is 9.90 Å². The van der Waals surface area contributed by atoms with Gasteiger partial charge in [0.05, 0.1) is 5.92 Å². The number of hydrogen-bond donors (Lipinski definition) is 2. The van der Waals surface area contributed by atoms with Crippen molar-refractivity contribution in [2.45, 2.75) is 12.3 Å². The molecular weight excluding hydrogens is 238 g/mol. The average Bonchev–Trinajstić information content (AvgIpc) is 2.47. The van der Waals surface area contributed by atoms with Gasteiger partial charge in [-0.05, 0) is 29.7 Å². The normalized spacial score (nSPS) is 11.8. The molecule has 0 aliphatic rings. The van der Waals surface area contributed by atoms with E-state index in [9.17, 15) is 9.90 Å². The van der Waals surface area contributed by atoms with Crippen molar-refractivity contribution in [3.05, 3.63) is 65.7 Å². The summed E-state index contributed by atoms with van der Waals surface area (Å²) >= 11 is 0. The molecular formula is C16H17NO2. The molecule has 19 heavy (non-hydrogen) atoms. The fourth-order valence-corrected chi connectivity index (χ4v) is 2.09. The maximum atomic E-state index is 12.0. The smallest absolute Gasteiger partial charge is 0.227 e. The molecule has 0 saturated heterocycles. The summed E-state index contributed by atoms with van der Waals surface area (Å²) in [6.45, 7) is 0. The second-order valence-electron chi connectivity index (χ2n) is 4.45. The van der Waals surface area contributed by atoms with E-state index in [1.54, 1.807) is 19.2 Å². The van der Waals surface area contributed by atoms with Gasteiger partial charge in [0.1, 0.15) is 5.75 Å². The van der Waals surface area contributed by atoms with Crippen LogP contribution in [0.3, 0.4) is 0 Å². The van der Waals surface area contributed by atoms with Crippen LogP contribution >= 0.6 is 0 Å². The van der Waals surface area contributed by atoms with Crippen LogP contribution in [0.15, 0.2) is 54.6 Å². The standard InChI is InChI=1S/C16H17NO2/c1-17-16(19)15(13-5-3-2-4-6-13)11-12-7-9-14(18)10-8-12/h2-10,15,18H,11H2,1H3,(H,17,19)/t15-/m1/s1. The first-order chi connectivity index (χ1) is 9.20. The first-order valence-corrected chi connectivity index (χ1v) is 6.25. The molecule has 0 radical (unpaired) electrons. The first-order valence-electron chi connectivity index (χ1n) is 6.25. The number of benzene rings is 2. The number of aromatic hydroxyl groups is 1. The van der Waals surface area contributed by atoms with Crippen LogP contribution in [0.2, 0.25) is 0 Å². The van der Waals surface area contributed by atoms with Crippen LogP contribution < -0.4 is 5.32 Å². The van der Waals surface area contributed by atoms with Crippen molar-refractivity contribution in [1.82, 2.24) is 5.32 Å². The Bertz CT molecular complexity index is 534. The van der Waals surface area contributed by atoms with Crippen LogP contribution in [-0.2, 0) is 11.2 Å². The molecule has 1 amide bonds. The van der Waals surface area contributed by atoms with Gasteiger partial charge >= 0.3 is 0 Å². The Morgan fingerprint density at radius 2 is 1.74 bits per heavy atom. The number of nitrogens with one attached hydrogen (secondary N) is 1. The number of rotatable bonds is 4. The Balaban J connectivity index is 2.24. The number of carbonyl (C=O) groups excluding carboxylic acids is 1. The van der Waals surface area contributed by atoms with Crippen LogP contribution in [0.1, 0.15) is 17.0 Å². The van der Waals surface area contributed by atoms with E-state index in [4.69, 9.17) is 0 Å². The molecule has 2 rings (SSSR count). The quantitative estimate of drug-likeness (QED) is 0.881. The number of phenols is 1. The minimum Gasteiger partial charge on any atom is -0.508 e. The van der Waals surface area contributed by atoms with E-state index in [0.29, 0.717) is 6.42 Å². The first kappa shape index (κ1) is 13.1. The van der Waals surface area contributed by atoms with Crippen LogP contribution in [0.4, 0.5) is 0 Å². The number of amides is 1. The number of hydrogen-bond acceptors (Lipinski definition) is 2. The van der Waals surface area contributed by atoms with Crippen molar-refractivity contribution in [3.63, 3.8) is 0 Å². The molecule has 3 nitrogen and oxygen atoms in total. The van der Waals surface area contributed by atoms with Crippen LogP contribution in [0.25, 0.3) is 0 Å². The highest BCUT2D eigenvalue weighted by Crippen LogP contribution is 2.22. The van der Waals surface area contributed by atoms with Crippen LogP contribution in [0, 0.1) is 0 Å². The van der Waals surface area contributed by atoms with Crippen molar-refractivity contribution in [2.75, 3.05) is 7.05 Å². The van der Waals surface area contributed by atoms with Gasteiger partial charge in [-0.2, -0.15) is 0 Å². The molecule has 0 aromatic heterocycles. The van der Waals surface area contributed by atoms with Gasteiger partial charge in [-0.3, -0.25) is 4.79 Å². The van der Waals surface area contributed by atoms with Gasteiger partial charge in [-0.15, -0.1) is 0 Å². The topological polar surface area (TPSA) is 49.3 Å². The lowest BCUT2D eigenvalue weighted by atomic mass is 9.91. The Kier molecular flexibility index (Phi) is 4.18. The zero-order chi connectivity index (χ0) is 13.7.